The smallest absolute Gasteiger partial charge is 0.410 e. The Morgan fingerprint density at radius 3 is 2.59 bits per heavy atom. The van der Waals surface area contributed by atoms with E-state index in [0.717, 1.165) is 32.2 Å². The van der Waals surface area contributed by atoms with Gasteiger partial charge in [-0.05, 0) is 76.6 Å². The van der Waals surface area contributed by atoms with Crippen molar-refractivity contribution >= 4 is 22.8 Å². The molecule has 2 bridgehead atoms. The number of benzene rings is 2. The summed E-state index contributed by atoms with van der Waals surface area (Å²) < 4.78 is 54.3. The highest BCUT2D eigenvalue weighted by Crippen LogP contribution is 2.41. The molecule has 8 rings (SSSR count). The molecule has 4 aromatic rings. The zero-order valence-electron chi connectivity index (χ0n) is 30.9. The van der Waals surface area contributed by atoms with E-state index >= 15 is 4.39 Å². The number of halogens is 2. The summed E-state index contributed by atoms with van der Waals surface area (Å²) in [5.74, 6) is 3.09. The minimum atomic E-state index is -0.905. The maximum absolute atomic E-state index is 15.0. The molecule has 4 fully saturated rings. The molecule has 4 atom stereocenters. The van der Waals surface area contributed by atoms with Gasteiger partial charge < -0.3 is 23.8 Å². The van der Waals surface area contributed by atoms with E-state index in [4.69, 9.17) is 40.3 Å². The molecule has 13 nitrogen and oxygen atoms in total. The fourth-order valence-corrected chi connectivity index (χ4v) is 8.52. The number of rotatable bonds is 9. The van der Waals surface area contributed by atoms with E-state index in [9.17, 15) is 9.18 Å². The van der Waals surface area contributed by atoms with Crippen LogP contribution in [-0.4, -0.2) is 116 Å². The number of terminal acetylenes is 1. The lowest BCUT2D eigenvalue weighted by molar-refractivity contribution is 0.0122. The SMILES string of the molecule is C#Cc1c(F)ccc2cc(OCOC)cc(-c3cn(-c4nc(OC[C@@]56CCCN5C[C@H](F)C6)nc(N5C[C@H]6CC[C@@H](C5)N6C(=O)OC(C)(C)C)n4)cn3)c12. The molecule has 4 saturated heterocycles. The molecule has 15 heteroatoms. The molecule has 284 valence electrons. The number of amides is 1. The maximum Gasteiger partial charge on any atom is 0.410 e. The molecule has 4 aliphatic rings. The normalized spacial score (nSPS) is 23.8. The first-order valence-electron chi connectivity index (χ1n) is 18.4. The first-order valence-corrected chi connectivity index (χ1v) is 18.4. The molecule has 0 aliphatic carbocycles. The minimum Gasteiger partial charge on any atom is -0.468 e. The van der Waals surface area contributed by atoms with Gasteiger partial charge in [0.25, 0.3) is 0 Å². The van der Waals surface area contributed by atoms with Gasteiger partial charge in [0.05, 0.1) is 28.9 Å². The van der Waals surface area contributed by atoms with Crippen LogP contribution in [0.25, 0.3) is 28.0 Å². The molecule has 1 amide bonds. The molecule has 0 saturated carbocycles. The standard InChI is InChI=1S/C39H44F2N8O5/c1-6-29-31(41)11-8-24-14-28(53-23-51-5)15-30(33(24)29)32-20-47(22-42-32)35-43-34(44-36(45-35)52-21-39-12-7-13-48(39)17-25(40)16-39)46-18-26-9-10-27(19-46)49(26)37(50)54-38(2,3)4/h1,8,11,14-15,20,22,25-27H,7,9-10,12-13,16-19,21,23H2,2-5H3/t25-,26-,27+,39+/m1/s1. The molecular weight excluding hydrogens is 698 g/mol. The molecule has 0 spiro atoms. The number of carbonyl (C=O) groups excluding carboxylic acids is 1. The Hall–Kier alpha value is -5.07. The summed E-state index contributed by atoms with van der Waals surface area (Å²) in [6, 6.07) is 6.43. The Morgan fingerprint density at radius 2 is 1.85 bits per heavy atom. The molecular formula is C39H44F2N8O5. The van der Waals surface area contributed by atoms with Crippen molar-refractivity contribution in [3.63, 3.8) is 0 Å². The second-order valence-corrected chi connectivity index (χ2v) is 15.6. The number of nitrogens with zero attached hydrogens (tertiary/aromatic N) is 8. The van der Waals surface area contributed by atoms with Crippen LogP contribution in [0.2, 0.25) is 0 Å². The van der Waals surface area contributed by atoms with Gasteiger partial charge in [0.1, 0.15) is 36.3 Å². The number of imidazole rings is 1. The molecule has 0 radical (unpaired) electrons. The van der Waals surface area contributed by atoms with Crippen molar-refractivity contribution in [2.75, 3.05) is 51.6 Å². The Balaban J connectivity index is 1.15. The topological polar surface area (TPSA) is 120 Å². The van der Waals surface area contributed by atoms with Crippen molar-refractivity contribution in [1.82, 2.24) is 34.3 Å². The highest BCUT2D eigenvalue weighted by atomic mass is 19.1. The third-order valence-corrected chi connectivity index (χ3v) is 10.8. The van der Waals surface area contributed by atoms with Gasteiger partial charge in [0.2, 0.25) is 11.9 Å². The van der Waals surface area contributed by atoms with Crippen LogP contribution in [0.1, 0.15) is 58.4 Å². The van der Waals surface area contributed by atoms with Crippen LogP contribution >= 0.6 is 0 Å². The predicted octanol–water partition coefficient (Wildman–Crippen LogP) is 5.52. The van der Waals surface area contributed by atoms with Crippen LogP contribution in [0.15, 0.2) is 36.8 Å². The van der Waals surface area contributed by atoms with Gasteiger partial charge in [-0.1, -0.05) is 12.0 Å². The number of fused-ring (bicyclic) bond motifs is 4. The second kappa shape index (κ2) is 14.0. The summed E-state index contributed by atoms with van der Waals surface area (Å²) in [5.41, 5.74) is 0.111. The van der Waals surface area contributed by atoms with E-state index in [2.05, 4.69) is 20.7 Å². The number of aromatic nitrogens is 5. The fraction of sp³-hybridized carbons (Fsp3) is 0.513. The largest absolute Gasteiger partial charge is 0.468 e. The first-order chi connectivity index (χ1) is 25.9. The third kappa shape index (κ3) is 6.77. The number of carbonyl (C=O) groups is 1. The van der Waals surface area contributed by atoms with Crippen LogP contribution in [0.4, 0.5) is 19.5 Å². The summed E-state index contributed by atoms with van der Waals surface area (Å²) in [4.78, 5) is 38.4. The Bertz CT molecular complexity index is 2100. The Kier molecular flexibility index (Phi) is 9.30. The van der Waals surface area contributed by atoms with Crippen LogP contribution in [-0.2, 0) is 9.47 Å². The van der Waals surface area contributed by atoms with Crippen molar-refractivity contribution in [3.8, 4) is 41.3 Å². The van der Waals surface area contributed by atoms with E-state index in [-0.39, 0.29) is 49.1 Å². The van der Waals surface area contributed by atoms with Crippen molar-refractivity contribution in [2.45, 2.75) is 82.3 Å². The summed E-state index contributed by atoms with van der Waals surface area (Å²) in [5, 5.41) is 1.18. The monoisotopic (exact) mass is 742 g/mol. The van der Waals surface area contributed by atoms with Crippen LogP contribution in [0.3, 0.4) is 0 Å². The summed E-state index contributed by atoms with van der Waals surface area (Å²) in [7, 11) is 1.52. The number of anilines is 1. The molecule has 2 aromatic heterocycles. The van der Waals surface area contributed by atoms with Crippen molar-refractivity contribution in [3.05, 3.63) is 48.2 Å². The van der Waals surface area contributed by atoms with Gasteiger partial charge in [0, 0.05) is 50.3 Å². The average Bonchev–Trinajstić information content (AvgIpc) is 3.90. The highest BCUT2D eigenvalue weighted by molar-refractivity contribution is 6.01. The van der Waals surface area contributed by atoms with Crippen molar-refractivity contribution in [2.24, 2.45) is 0 Å². The lowest BCUT2D eigenvalue weighted by atomic mass is 9.95. The molecule has 0 N–H and O–H groups in total. The van der Waals surface area contributed by atoms with Crippen molar-refractivity contribution in [1.29, 1.82) is 0 Å². The van der Waals surface area contributed by atoms with Crippen LogP contribution in [0, 0.1) is 18.2 Å². The van der Waals surface area contributed by atoms with E-state index in [1.165, 1.54) is 13.2 Å². The Labute approximate surface area is 312 Å². The predicted molar refractivity (Wildman–Crippen MR) is 196 cm³/mol. The first kappa shape index (κ1) is 35.9. The second-order valence-electron chi connectivity index (χ2n) is 15.6. The molecule has 54 heavy (non-hydrogen) atoms. The van der Waals surface area contributed by atoms with E-state index < -0.39 is 23.1 Å². The summed E-state index contributed by atoms with van der Waals surface area (Å²) in [6.45, 7) is 8.07. The highest BCUT2D eigenvalue weighted by Gasteiger charge is 2.50. The number of ether oxygens (including phenoxy) is 4. The fourth-order valence-electron chi connectivity index (χ4n) is 8.52. The zero-order chi connectivity index (χ0) is 37.8. The van der Waals surface area contributed by atoms with Gasteiger partial charge in [-0.3, -0.25) is 14.4 Å². The van der Waals surface area contributed by atoms with Crippen LogP contribution < -0.4 is 14.4 Å². The number of methoxy groups -OCH3 is 1. The van der Waals surface area contributed by atoms with Gasteiger partial charge in [-0.25, -0.2) is 18.6 Å². The Morgan fingerprint density at radius 1 is 1.07 bits per heavy atom. The zero-order valence-corrected chi connectivity index (χ0v) is 30.9. The number of alkyl halides is 1. The lowest BCUT2D eigenvalue weighted by Gasteiger charge is -2.41. The quantitative estimate of drug-likeness (QED) is 0.159. The molecule has 0 unspecified atom stereocenters. The molecule has 4 aliphatic heterocycles. The molecule has 2 aromatic carbocycles. The lowest BCUT2D eigenvalue weighted by Crippen LogP contribution is -2.57. The minimum absolute atomic E-state index is 0.0117. The third-order valence-electron chi connectivity index (χ3n) is 10.8. The summed E-state index contributed by atoms with van der Waals surface area (Å²) in [6.07, 6.45) is 11.8. The van der Waals surface area contributed by atoms with Gasteiger partial charge in [-0.15, -0.1) is 6.42 Å². The van der Waals surface area contributed by atoms with E-state index in [1.807, 2.05) is 25.7 Å². The molecule has 6 heterocycles. The van der Waals surface area contributed by atoms with Crippen LogP contribution in [0.5, 0.6) is 11.8 Å². The number of hydrogen-bond donors (Lipinski definition) is 0. The van der Waals surface area contributed by atoms with Gasteiger partial charge in [-0.2, -0.15) is 15.0 Å². The number of piperazine rings is 1. The van der Waals surface area contributed by atoms with Gasteiger partial charge >= 0.3 is 12.1 Å². The van der Waals surface area contributed by atoms with Gasteiger partial charge in [0.15, 0.2) is 6.79 Å². The average molecular weight is 743 g/mol. The number of hydrogen-bond acceptors (Lipinski definition) is 11. The van der Waals surface area contributed by atoms with E-state index in [0.29, 0.717) is 59.8 Å². The van der Waals surface area contributed by atoms with E-state index in [1.54, 1.807) is 35.3 Å². The van der Waals surface area contributed by atoms with Crippen molar-refractivity contribution < 1.29 is 32.5 Å². The summed E-state index contributed by atoms with van der Waals surface area (Å²) >= 11 is 0. The maximum atomic E-state index is 15.0.